The molecule has 2 N–H and O–H groups in total. The minimum atomic E-state index is -3.77. The fourth-order valence-corrected chi connectivity index (χ4v) is 5.32. The van der Waals surface area contributed by atoms with Gasteiger partial charge in [-0.2, -0.15) is 0 Å². The highest BCUT2D eigenvalue weighted by atomic mass is 32.2. The van der Waals surface area contributed by atoms with E-state index in [0.717, 1.165) is 43.4 Å². The number of nitrogens with one attached hydrogen (secondary N) is 2. The molecular formula is C23H27N3O4S. The van der Waals surface area contributed by atoms with Crippen molar-refractivity contribution in [3.05, 3.63) is 48.0 Å². The molecule has 2 aromatic rings. The molecule has 4 rings (SSSR count). The lowest BCUT2D eigenvalue weighted by atomic mass is 10.1. The number of sulfonamides is 1. The molecule has 1 heterocycles. The average Bonchev–Trinajstić information content (AvgIpc) is 3.43. The minimum Gasteiger partial charge on any atom is -0.326 e. The van der Waals surface area contributed by atoms with Gasteiger partial charge >= 0.3 is 0 Å². The third-order valence-corrected chi connectivity index (χ3v) is 7.36. The molecule has 1 saturated carbocycles. The third-order valence-electron chi connectivity index (χ3n) is 5.97. The molecule has 2 aliphatic rings. The molecule has 0 bridgehead atoms. The predicted molar refractivity (Wildman–Crippen MR) is 121 cm³/mol. The molecule has 8 heteroatoms. The zero-order valence-corrected chi connectivity index (χ0v) is 18.4. The molecule has 0 atom stereocenters. The SMILES string of the molecule is CCC(=O)Nc1ccc(S(=O)(=O)Nc2ccc3c(c2)CCN3C(=O)C2CCCC2)cc1. The van der Waals surface area contributed by atoms with Gasteiger partial charge in [0.15, 0.2) is 0 Å². The molecule has 1 aliphatic carbocycles. The van der Waals surface area contributed by atoms with Gasteiger partial charge in [-0.1, -0.05) is 19.8 Å². The Morgan fingerprint density at radius 2 is 1.71 bits per heavy atom. The molecule has 0 aromatic heterocycles. The first-order chi connectivity index (χ1) is 14.9. The van der Waals surface area contributed by atoms with Crippen LogP contribution in [0.2, 0.25) is 0 Å². The van der Waals surface area contributed by atoms with Crippen molar-refractivity contribution in [2.75, 3.05) is 21.5 Å². The Hall–Kier alpha value is -2.87. The summed E-state index contributed by atoms with van der Waals surface area (Å²) in [6, 6.07) is 11.4. The Balaban J connectivity index is 1.47. The number of carbonyl (C=O) groups excluding carboxylic acids is 2. The van der Waals surface area contributed by atoms with Gasteiger partial charge < -0.3 is 10.2 Å². The molecule has 31 heavy (non-hydrogen) atoms. The van der Waals surface area contributed by atoms with E-state index in [1.807, 2.05) is 17.0 Å². The summed E-state index contributed by atoms with van der Waals surface area (Å²) >= 11 is 0. The Morgan fingerprint density at radius 1 is 1.03 bits per heavy atom. The fourth-order valence-electron chi connectivity index (χ4n) is 4.27. The number of nitrogens with zero attached hydrogens (tertiary/aromatic N) is 1. The second kappa shape index (κ2) is 8.70. The van der Waals surface area contributed by atoms with E-state index in [1.165, 1.54) is 12.1 Å². The van der Waals surface area contributed by atoms with E-state index >= 15 is 0 Å². The number of rotatable bonds is 6. The summed E-state index contributed by atoms with van der Waals surface area (Å²) in [5.74, 6) is 0.182. The molecule has 1 fully saturated rings. The smallest absolute Gasteiger partial charge is 0.261 e. The molecule has 7 nitrogen and oxygen atoms in total. The van der Waals surface area contributed by atoms with Crippen LogP contribution in [0.4, 0.5) is 17.1 Å². The standard InChI is InChI=1S/C23H27N3O4S/c1-2-22(27)24-18-7-10-20(11-8-18)31(29,30)25-19-9-12-21-17(15-19)13-14-26(21)23(28)16-5-3-4-6-16/h7-12,15-16,25H,2-6,13-14H2,1H3,(H,24,27). The van der Waals surface area contributed by atoms with Crippen LogP contribution in [0.3, 0.4) is 0 Å². The summed E-state index contributed by atoms with van der Waals surface area (Å²) in [5.41, 5.74) is 2.88. The first kappa shape index (κ1) is 21.4. The first-order valence-corrected chi connectivity index (χ1v) is 12.2. The highest BCUT2D eigenvalue weighted by Crippen LogP contribution is 2.35. The molecule has 0 radical (unpaired) electrons. The first-order valence-electron chi connectivity index (χ1n) is 10.7. The van der Waals surface area contributed by atoms with Crippen molar-refractivity contribution in [2.24, 2.45) is 5.92 Å². The normalized spacial score (nSPS) is 16.2. The van der Waals surface area contributed by atoms with Crippen molar-refractivity contribution >= 4 is 38.9 Å². The molecule has 164 valence electrons. The average molecular weight is 442 g/mol. The Kier molecular flexibility index (Phi) is 6.00. The van der Waals surface area contributed by atoms with Crippen molar-refractivity contribution in [1.82, 2.24) is 0 Å². The van der Waals surface area contributed by atoms with E-state index < -0.39 is 10.0 Å². The van der Waals surface area contributed by atoms with Crippen molar-refractivity contribution in [3.63, 3.8) is 0 Å². The monoisotopic (exact) mass is 441 g/mol. The summed E-state index contributed by atoms with van der Waals surface area (Å²) in [4.78, 5) is 26.2. The highest BCUT2D eigenvalue weighted by Gasteiger charge is 2.32. The van der Waals surface area contributed by atoms with Crippen molar-refractivity contribution in [2.45, 2.75) is 50.3 Å². The second-order valence-electron chi connectivity index (χ2n) is 8.10. The van der Waals surface area contributed by atoms with Crippen LogP contribution in [-0.4, -0.2) is 26.8 Å². The van der Waals surface area contributed by atoms with Gasteiger partial charge in [0.25, 0.3) is 10.0 Å². The van der Waals surface area contributed by atoms with Crippen LogP contribution in [0.15, 0.2) is 47.4 Å². The Morgan fingerprint density at radius 3 is 2.39 bits per heavy atom. The van der Waals surface area contributed by atoms with Crippen LogP contribution in [0.1, 0.15) is 44.6 Å². The lowest BCUT2D eigenvalue weighted by Crippen LogP contribution is -2.33. The maximum atomic E-state index is 12.8. The van der Waals surface area contributed by atoms with Crippen LogP contribution in [0.5, 0.6) is 0 Å². The molecule has 2 amide bonds. The lowest BCUT2D eigenvalue weighted by Gasteiger charge is -2.21. The van der Waals surface area contributed by atoms with Gasteiger partial charge in [0, 0.05) is 35.9 Å². The van der Waals surface area contributed by atoms with Crippen LogP contribution < -0.4 is 14.9 Å². The molecule has 2 aromatic carbocycles. The van der Waals surface area contributed by atoms with E-state index in [4.69, 9.17) is 0 Å². The number of benzene rings is 2. The van der Waals surface area contributed by atoms with Crippen molar-refractivity contribution in [3.8, 4) is 0 Å². The van der Waals surface area contributed by atoms with Crippen LogP contribution in [-0.2, 0) is 26.0 Å². The van der Waals surface area contributed by atoms with Gasteiger partial charge in [-0.3, -0.25) is 14.3 Å². The number of carbonyl (C=O) groups is 2. The highest BCUT2D eigenvalue weighted by molar-refractivity contribution is 7.92. The van der Waals surface area contributed by atoms with E-state index in [0.29, 0.717) is 24.3 Å². The molecular weight excluding hydrogens is 414 g/mol. The summed E-state index contributed by atoms with van der Waals surface area (Å²) in [6.07, 6.45) is 5.22. The van der Waals surface area contributed by atoms with Crippen LogP contribution in [0, 0.1) is 5.92 Å². The Labute approximate surface area is 182 Å². The fraction of sp³-hybridized carbons (Fsp3) is 0.391. The topological polar surface area (TPSA) is 95.6 Å². The molecule has 0 spiro atoms. The van der Waals surface area contributed by atoms with E-state index in [1.54, 1.807) is 25.1 Å². The maximum Gasteiger partial charge on any atom is 0.261 e. The number of fused-ring (bicyclic) bond motifs is 1. The number of amides is 2. The van der Waals surface area contributed by atoms with Gasteiger partial charge in [-0.15, -0.1) is 0 Å². The molecule has 1 aliphatic heterocycles. The molecule has 0 unspecified atom stereocenters. The van der Waals surface area contributed by atoms with Crippen molar-refractivity contribution in [1.29, 1.82) is 0 Å². The largest absolute Gasteiger partial charge is 0.326 e. The van der Waals surface area contributed by atoms with Gasteiger partial charge in [-0.05, 0) is 67.3 Å². The van der Waals surface area contributed by atoms with Crippen molar-refractivity contribution < 1.29 is 18.0 Å². The van der Waals surface area contributed by atoms with Gasteiger partial charge in [0.1, 0.15) is 0 Å². The Bertz CT molecular complexity index is 1090. The molecule has 0 saturated heterocycles. The number of anilines is 3. The summed E-state index contributed by atoms with van der Waals surface area (Å²) in [6.45, 7) is 2.39. The van der Waals surface area contributed by atoms with Gasteiger partial charge in [0.2, 0.25) is 11.8 Å². The van der Waals surface area contributed by atoms with E-state index in [2.05, 4.69) is 10.0 Å². The summed E-state index contributed by atoms with van der Waals surface area (Å²) in [5, 5.41) is 2.70. The quantitative estimate of drug-likeness (QED) is 0.710. The summed E-state index contributed by atoms with van der Waals surface area (Å²) in [7, 11) is -3.77. The summed E-state index contributed by atoms with van der Waals surface area (Å²) < 4.78 is 28.2. The zero-order valence-electron chi connectivity index (χ0n) is 17.6. The van der Waals surface area contributed by atoms with Gasteiger partial charge in [-0.25, -0.2) is 8.42 Å². The zero-order chi connectivity index (χ0) is 22.0. The number of hydrogen-bond donors (Lipinski definition) is 2. The van der Waals surface area contributed by atoms with Crippen LogP contribution in [0.25, 0.3) is 0 Å². The van der Waals surface area contributed by atoms with Gasteiger partial charge in [0.05, 0.1) is 4.90 Å². The third kappa shape index (κ3) is 4.58. The lowest BCUT2D eigenvalue weighted by molar-refractivity contribution is -0.122. The minimum absolute atomic E-state index is 0.112. The van der Waals surface area contributed by atoms with Crippen LogP contribution >= 0.6 is 0 Å². The second-order valence-corrected chi connectivity index (χ2v) is 9.78. The number of hydrogen-bond acceptors (Lipinski definition) is 4. The maximum absolute atomic E-state index is 12.8. The predicted octanol–water partition coefficient (Wildman–Crippen LogP) is 3.92. The van der Waals surface area contributed by atoms with E-state index in [9.17, 15) is 18.0 Å². The van der Waals surface area contributed by atoms with E-state index in [-0.39, 0.29) is 22.6 Å².